The zero-order chi connectivity index (χ0) is 24.2. The molecule has 2 fully saturated rings. The van der Waals surface area contributed by atoms with Crippen LogP contribution in [0.25, 0.3) is 0 Å². The molecule has 4 heterocycles. The molecule has 2 amide bonds. The van der Waals surface area contributed by atoms with Gasteiger partial charge in [-0.05, 0) is 62.8 Å². The summed E-state index contributed by atoms with van der Waals surface area (Å²) in [4.78, 5) is 35.3. The highest BCUT2D eigenvalue weighted by atomic mass is 16.5. The lowest BCUT2D eigenvalue weighted by Crippen LogP contribution is -2.52. The topological polar surface area (TPSA) is 95.0 Å². The first-order valence-electron chi connectivity index (χ1n) is 12.8. The summed E-state index contributed by atoms with van der Waals surface area (Å²) in [6.07, 6.45) is 8.16. The van der Waals surface area contributed by atoms with Crippen LogP contribution < -0.4 is 10.1 Å². The smallest absolute Gasteiger partial charge is 0.258 e. The summed E-state index contributed by atoms with van der Waals surface area (Å²) in [7, 11) is 0. The quantitative estimate of drug-likeness (QED) is 0.683. The first-order valence-corrected chi connectivity index (χ1v) is 12.8. The van der Waals surface area contributed by atoms with E-state index in [9.17, 15) is 14.7 Å². The average molecular weight is 479 g/mol. The van der Waals surface area contributed by atoms with Gasteiger partial charge in [-0.15, -0.1) is 0 Å². The van der Waals surface area contributed by atoms with Crippen molar-refractivity contribution in [3.8, 4) is 5.75 Å². The van der Waals surface area contributed by atoms with Gasteiger partial charge in [0.1, 0.15) is 18.1 Å². The number of anilines is 2. The van der Waals surface area contributed by atoms with Gasteiger partial charge in [-0.2, -0.15) is 0 Å². The third kappa shape index (κ3) is 5.27. The van der Waals surface area contributed by atoms with E-state index in [1.54, 1.807) is 23.2 Å². The van der Waals surface area contributed by atoms with E-state index in [4.69, 9.17) is 4.74 Å². The van der Waals surface area contributed by atoms with Gasteiger partial charge in [-0.1, -0.05) is 25.0 Å². The number of piperidine rings is 1. The van der Waals surface area contributed by atoms with Crippen LogP contribution in [0.4, 0.5) is 11.5 Å². The summed E-state index contributed by atoms with van der Waals surface area (Å²) in [5, 5.41) is 13.4. The molecule has 2 saturated heterocycles. The Morgan fingerprint density at radius 3 is 2.66 bits per heavy atom. The van der Waals surface area contributed by atoms with Gasteiger partial charge < -0.3 is 25.0 Å². The van der Waals surface area contributed by atoms with Crippen molar-refractivity contribution in [1.29, 1.82) is 0 Å². The number of benzene rings is 1. The molecule has 0 aliphatic carbocycles. The Kier molecular flexibility index (Phi) is 7.18. The minimum Gasteiger partial charge on any atom is -0.491 e. The van der Waals surface area contributed by atoms with Crippen LogP contribution in [0.5, 0.6) is 5.75 Å². The zero-order valence-corrected chi connectivity index (χ0v) is 20.1. The minimum absolute atomic E-state index is 0.0176. The number of fused-ring (bicyclic) bond motifs is 4. The van der Waals surface area contributed by atoms with Gasteiger partial charge in [0.05, 0.1) is 24.0 Å². The molecule has 1 aromatic heterocycles. The second-order valence-corrected chi connectivity index (χ2v) is 9.82. The number of nitrogens with one attached hydrogen (secondary N) is 1. The third-order valence-electron chi connectivity index (χ3n) is 7.37. The number of pyridine rings is 1. The van der Waals surface area contributed by atoms with E-state index in [2.05, 4.69) is 10.3 Å². The van der Waals surface area contributed by atoms with Crippen molar-refractivity contribution in [2.45, 2.75) is 69.6 Å². The molecule has 2 atom stereocenters. The van der Waals surface area contributed by atoms with Crippen LogP contribution in [0, 0.1) is 0 Å². The molecule has 8 heteroatoms. The predicted octanol–water partition coefficient (Wildman–Crippen LogP) is 3.73. The Bertz CT molecular complexity index is 1050. The summed E-state index contributed by atoms with van der Waals surface area (Å²) in [6.45, 7) is 1.19. The number of nitrogens with zero attached hydrogens (tertiary/aromatic N) is 3. The molecule has 2 aromatic rings. The molecule has 0 saturated carbocycles. The van der Waals surface area contributed by atoms with Crippen LogP contribution in [0.3, 0.4) is 0 Å². The Balaban J connectivity index is 1.40. The molecule has 0 spiro atoms. The van der Waals surface area contributed by atoms with E-state index < -0.39 is 0 Å². The highest BCUT2D eigenvalue weighted by Crippen LogP contribution is 2.36. The van der Waals surface area contributed by atoms with E-state index in [1.807, 2.05) is 29.2 Å². The predicted molar refractivity (Wildman–Crippen MR) is 133 cm³/mol. The van der Waals surface area contributed by atoms with Gasteiger partial charge in [-0.3, -0.25) is 9.59 Å². The van der Waals surface area contributed by atoms with E-state index >= 15 is 0 Å². The summed E-state index contributed by atoms with van der Waals surface area (Å²) in [5.41, 5.74) is 1.19. The Hall–Kier alpha value is -3.13. The van der Waals surface area contributed by atoms with Gasteiger partial charge in [0.15, 0.2) is 0 Å². The van der Waals surface area contributed by atoms with Crippen molar-refractivity contribution >= 4 is 23.3 Å². The first-order chi connectivity index (χ1) is 17.1. The molecule has 1 aromatic carbocycles. The molecule has 2 bridgehead atoms. The number of carbonyl (C=O) groups excluding carboxylic acids is 2. The van der Waals surface area contributed by atoms with Crippen molar-refractivity contribution in [2.75, 3.05) is 25.0 Å². The van der Waals surface area contributed by atoms with E-state index in [-0.39, 0.29) is 36.5 Å². The summed E-state index contributed by atoms with van der Waals surface area (Å²) >= 11 is 0. The van der Waals surface area contributed by atoms with Crippen LogP contribution in [0.2, 0.25) is 0 Å². The van der Waals surface area contributed by atoms with Gasteiger partial charge in [0.25, 0.3) is 5.91 Å². The van der Waals surface area contributed by atoms with E-state index in [0.29, 0.717) is 37.4 Å². The number of amides is 2. The van der Waals surface area contributed by atoms with Gasteiger partial charge in [-0.25, -0.2) is 4.98 Å². The number of rotatable bonds is 2. The minimum atomic E-state index is -0.330. The maximum Gasteiger partial charge on any atom is 0.258 e. The second-order valence-electron chi connectivity index (χ2n) is 9.82. The number of hydrogen-bond donors (Lipinski definition) is 2. The van der Waals surface area contributed by atoms with Crippen LogP contribution in [-0.4, -0.2) is 69.6 Å². The zero-order valence-electron chi connectivity index (χ0n) is 20.1. The van der Waals surface area contributed by atoms with Crippen LogP contribution in [-0.2, 0) is 4.79 Å². The lowest BCUT2D eigenvalue weighted by molar-refractivity contribution is -0.138. The SMILES string of the molecule is O=C1c2cccnc2Nc2ccccc2OCCCCCCN1CC(=O)N1C2CCC1CC(O)C2. The van der Waals surface area contributed by atoms with Crippen molar-refractivity contribution in [3.05, 3.63) is 48.2 Å². The van der Waals surface area contributed by atoms with E-state index in [1.165, 1.54) is 0 Å². The lowest BCUT2D eigenvalue weighted by atomic mass is 10.00. The number of para-hydroxylation sites is 2. The second kappa shape index (κ2) is 10.6. The van der Waals surface area contributed by atoms with Crippen molar-refractivity contribution < 1.29 is 19.4 Å². The van der Waals surface area contributed by atoms with Gasteiger partial charge >= 0.3 is 0 Å². The Morgan fingerprint density at radius 1 is 1.06 bits per heavy atom. The standard InChI is InChI=1S/C27H34N4O4/c32-21-16-19-11-12-20(17-21)31(19)25(33)18-30-14-5-1-2-6-15-35-24-10-4-3-9-23(24)29-26-22(27(30)34)8-7-13-28-26/h3-4,7-10,13,19-21,32H,1-2,5-6,11-12,14-18H2,(H,28,29). The molecule has 2 N–H and O–H groups in total. The van der Waals surface area contributed by atoms with Gasteiger partial charge in [0.2, 0.25) is 5.91 Å². The summed E-state index contributed by atoms with van der Waals surface area (Å²) < 4.78 is 6.00. The fourth-order valence-corrected chi connectivity index (χ4v) is 5.66. The molecule has 3 aliphatic heterocycles. The molecule has 35 heavy (non-hydrogen) atoms. The molecular formula is C27H34N4O4. The normalized spacial score (nSPS) is 25.1. The Labute approximate surface area is 206 Å². The summed E-state index contributed by atoms with van der Waals surface area (Å²) in [6, 6.07) is 11.3. The average Bonchev–Trinajstić information content (AvgIpc) is 3.14. The highest BCUT2D eigenvalue weighted by molar-refractivity contribution is 6.01. The lowest BCUT2D eigenvalue weighted by Gasteiger charge is -2.38. The molecule has 3 aliphatic rings. The third-order valence-corrected chi connectivity index (χ3v) is 7.37. The molecular weight excluding hydrogens is 444 g/mol. The number of aliphatic hydroxyl groups excluding tert-OH is 1. The number of ether oxygens (including phenoxy) is 1. The van der Waals surface area contributed by atoms with Crippen LogP contribution in [0.1, 0.15) is 61.7 Å². The van der Waals surface area contributed by atoms with Gasteiger partial charge in [0, 0.05) is 24.8 Å². The highest BCUT2D eigenvalue weighted by Gasteiger charge is 2.43. The molecule has 5 rings (SSSR count). The summed E-state index contributed by atoms with van der Waals surface area (Å²) in [5.74, 6) is 0.956. The number of carbonyl (C=O) groups is 2. The Morgan fingerprint density at radius 2 is 1.83 bits per heavy atom. The van der Waals surface area contributed by atoms with E-state index in [0.717, 1.165) is 50.0 Å². The fraction of sp³-hybridized carbons (Fsp3) is 0.519. The maximum atomic E-state index is 13.8. The van der Waals surface area contributed by atoms with Crippen molar-refractivity contribution in [3.63, 3.8) is 0 Å². The molecule has 0 radical (unpaired) electrons. The monoisotopic (exact) mass is 478 g/mol. The molecule has 186 valence electrons. The van der Waals surface area contributed by atoms with Crippen molar-refractivity contribution in [1.82, 2.24) is 14.8 Å². The largest absolute Gasteiger partial charge is 0.491 e. The number of aliphatic hydroxyl groups is 1. The first kappa shape index (κ1) is 23.6. The maximum absolute atomic E-state index is 13.8. The fourth-order valence-electron chi connectivity index (χ4n) is 5.66. The molecule has 8 nitrogen and oxygen atoms in total. The number of aromatic nitrogens is 1. The number of hydrogen-bond acceptors (Lipinski definition) is 6. The molecule has 2 unspecified atom stereocenters. The van der Waals surface area contributed by atoms with Crippen molar-refractivity contribution in [2.24, 2.45) is 0 Å². The van der Waals surface area contributed by atoms with Crippen LogP contribution in [0.15, 0.2) is 42.6 Å². The van der Waals surface area contributed by atoms with Crippen LogP contribution >= 0.6 is 0 Å².